The van der Waals surface area contributed by atoms with Crippen LogP contribution in [-0.2, 0) is 6.54 Å². The van der Waals surface area contributed by atoms with Crippen LogP contribution in [0.5, 0.6) is 0 Å². The molecule has 0 amide bonds. The van der Waals surface area contributed by atoms with Crippen LogP contribution >= 0.6 is 11.3 Å². The number of likely N-dealkylation sites (N-methyl/N-ethyl adjacent to an activating group) is 1. The molecule has 2 aromatic heterocycles. The van der Waals surface area contributed by atoms with Gasteiger partial charge in [0.15, 0.2) is 11.6 Å². The molecule has 6 heteroatoms. The van der Waals surface area contributed by atoms with Crippen molar-refractivity contribution in [2.45, 2.75) is 38.3 Å². The lowest BCUT2D eigenvalue weighted by Crippen LogP contribution is -2.35. The Labute approximate surface area is 144 Å². The minimum Gasteiger partial charge on any atom is -0.339 e. The molecule has 5 nitrogen and oxygen atoms in total. The van der Waals surface area contributed by atoms with E-state index in [0.29, 0.717) is 18.3 Å². The summed E-state index contributed by atoms with van der Waals surface area (Å²) in [5, 5.41) is 7.19. The fourth-order valence-electron chi connectivity index (χ4n) is 2.75. The first-order chi connectivity index (χ1) is 11.6. The summed E-state index contributed by atoms with van der Waals surface area (Å²) in [5.41, 5.74) is 0.743. The van der Waals surface area contributed by atoms with Gasteiger partial charge in [-0.25, -0.2) is 0 Å². The molecule has 1 saturated carbocycles. The number of Topliss-reactive ketones (excluding diaryl/α,β-unsaturated/α-hetero) is 1. The lowest BCUT2D eigenvalue weighted by atomic mass is 10.0. The third-order valence-electron chi connectivity index (χ3n) is 4.58. The van der Waals surface area contributed by atoms with Gasteiger partial charge in [-0.05, 0) is 61.8 Å². The molecule has 4 rings (SSSR count). The summed E-state index contributed by atoms with van der Waals surface area (Å²) in [5.74, 6) is 1.94. The van der Waals surface area contributed by atoms with Crippen molar-refractivity contribution in [3.8, 4) is 0 Å². The Morgan fingerprint density at radius 3 is 3.04 bits per heavy atom. The smallest absolute Gasteiger partial charge is 0.229 e. The molecule has 124 valence electrons. The highest BCUT2D eigenvalue weighted by Crippen LogP contribution is 2.38. The van der Waals surface area contributed by atoms with Gasteiger partial charge in [0.2, 0.25) is 5.89 Å². The van der Waals surface area contributed by atoms with E-state index in [9.17, 15) is 4.79 Å². The molecule has 0 spiro atoms. The first kappa shape index (κ1) is 15.5. The predicted molar refractivity (Wildman–Crippen MR) is 93.4 cm³/mol. The van der Waals surface area contributed by atoms with E-state index >= 15 is 0 Å². The van der Waals surface area contributed by atoms with Crippen molar-refractivity contribution in [1.29, 1.82) is 0 Å². The van der Waals surface area contributed by atoms with Crippen LogP contribution in [0.3, 0.4) is 0 Å². The van der Waals surface area contributed by atoms with E-state index in [2.05, 4.69) is 10.1 Å². The highest BCUT2D eigenvalue weighted by atomic mass is 32.1. The average Bonchev–Trinajstić information content (AvgIpc) is 3.15. The summed E-state index contributed by atoms with van der Waals surface area (Å²) >= 11 is 1.69. The minimum absolute atomic E-state index is 0.108. The molecule has 1 fully saturated rings. The van der Waals surface area contributed by atoms with Crippen molar-refractivity contribution in [3.63, 3.8) is 0 Å². The van der Waals surface area contributed by atoms with Gasteiger partial charge in [-0.1, -0.05) is 5.16 Å². The highest BCUT2D eigenvalue weighted by molar-refractivity contribution is 7.17. The number of nitrogens with zero attached hydrogens (tertiary/aromatic N) is 3. The fraction of sp³-hybridized carbons (Fsp3) is 0.389. The first-order valence-corrected chi connectivity index (χ1v) is 9.04. The molecule has 1 aliphatic rings. The number of benzene rings is 1. The van der Waals surface area contributed by atoms with Gasteiger partial charge < -0.3 is 4.52 Å². The number of hydrogen-bond donors (Lipinski definition) is 0. The van der Waals surface area contributed by atoms with Crippen LogP contribution in [-0.4, -0.2) is 33.9 Å². The third-order valence-corrected chi connectivity index (χ3v) is 5.48. The molecule has 2 heterocycles. The second kappa shape index (κ2) is 6.11. The Hall–Kier alpha value is -2.05. The number of hydrogen-bond acceptors (Lipinski definition) is 6. The Balaban J connectivity index is 1.46. The molecule has 1 aliphatic carbocycles. The molecule has 24 heavy (non-hydrogen) atoms. The Morgan fingerprint density at radius 1 is 1.42 bits per heavy atom. The van der Waals surface area contributed by atoms with E-state index in [0.717, 1.165) is 29.7 Å². The second-order valence-electron chi connectivity index (χ2n) is 6.45. The number of fused-ring (bicyclic) bond motifs is 1. The molecule has 0 bridgehead atoms. The van der Waals surface area contributed by atoms with E-state index in [4.69, 9.17) is 4.52 Å². The summed E-state index contributed by atoms with van der Waals surface area (Å²) in [6, 6.07) is 7.69. The molecule has 3 aromatic rings. The monoisotopic (exact) mass is 341 g/mol. The Kier molecular flexibility index (Phi) is 3.94. The molecule has 0 radical (unpaired) electrons. The van der Waals surface area contributed by atoms with Crippen molar-refractivity contribution in [2.75, 3.05) is 7.05 Å². The van der Waals surface area contributed by atoms with Crippen LogP contribution in [0.25, 0.3) is 10.1 Å². The van der Waals surface area contributed by atoms with Crippen molar-refractivity contribution in [1.82, 2.24) is 15.0 Å². The Bertz CT molecular complexity index is 881. The summed E-state index contributed by atoms with van der Waals surface area (Å²) in [7, 11) is 1.92. The molecule has 0 saturated heterocycles. The lowest BCUT2D eigenvalue weighted by Gasteiger charge is -2.22. The molecule has 1 atom stereocenters. The van der Waals surface area contributed by atoms with Crippen LogP contribution in [0.2, 0.25) is 0 Å². The second-order valence-corrected chi connectivity index (χ2v) is 7.40. The van der Waals surface area contributed by atoms with Gasteiger partial charge in [-0.15, -0.1) is 11.3 Å². The SMILES string of the molecule is CC(C(=O)c1ccc2sccc2c1)N(C)Cc1noc(C2CC2)n1. The van der Waals surface area contributed by atoms with Crippen LogP contribution in [0, 0.1) is 0 Å². The maximum Gasteiger partial charge on any atom is 0.229 e. The van der Waals surface area contributed by atoms with E-state index in [1.807, 2.05) is 48.5 Å². The normalized spacial score (nSPS) is 16.0. The van der Waals surface area contributed by atoms with Crippen LogP contribution in [0.1, 0.15) is 47.8 Å². The number of ketones is 1. The van der Waals surface area contributed by atoms with Crippen molar-refractivity contribution in [2.24, 2.45) is 0 Å². The molecular weight excluding hydrogens is 322 g/mol. The number of thiophene rings is 1. The summed E-state index contributed by atoms with van der Waals surface area (Å²) in [4.78, 5) is 19.2. The molecule has 1 unspecified atom stereocenters. The number of carbonyl (C=O) groups excluding carboxylic acids is 1. The maximum atomic E-state index is 12.8. The van der Waals surface area contributed by atoms with Gasteiger partial charge in [-0.3, -0.25) is 9.69 Å². The van der Waals surface area contributed by atoms with Crippen LogP contribution in [0.4, 0.5) is 0 Å². The minimum atomic E-state index is -0.246. The van der Waals surface area contributed by atoms with E-state index in [-0.39, 0.29) is 11.8 Å². The summed E-state index contributed by atoms with van der Waals surface area (Å²) < 4.78 is 6.48. The average molecular weight is 341 g/mol. The largest absolute Gasteiger partial charge is 0.339 e. The first-order valence-electron chi connectivity index (χ1n) is 8.16. The van der Waals surface area contributed by atoms with Gasteiger partial charge in [0, 0.05) is 16.2 Å². The fourth-order valence-corrected chi connectivity index (χ4v) is 3.52. The van der Waals surface area contributed by atoms with Gasteiger partial charge in [0.05, 0.1) is 12.6 Å². The van der Waals surface area contributed by atoms with Crippen LogP contribution < -0.4 is 0 Å². The zero-order chi connectivity index (χ0) is 16.7. The zero-order valence-electron chi connectivity index (χ0n) is 13.7. The van der Waals surface area contributed by atoms with Crippen LogP contribution in [0.15, 0.2) is 34.2 Å². The zero-order valence-corrected chi connectivity index (χ0v) is 14.5. The molecule has 1 aromatic carbocycles. The maximum absolute atomic E-state index is 12.8. The third kappa shape index (κ3) is 2.99. The molecule has 0 N–H and O–H groups in total. The van der Waals surface area contributed by atoms with E-state index in [1.165, 1.54) is 4.70 Å². The molecule has 0 aliphatic heterocycles. The van der Waals surface area contributed by atoms with E-state index in [1.54, 1.807) is 11.3 Å². The lowest BCUT2D eigenvalue weighted by molar-refractivity contribution is 0.0859. The van der Waals surface area contributed by atoms with Gasteiger partial charge in [-0.2, -0.15) is 4.98 Å². The van der Waals surface area contributed by atoms with Crippen molar-refractivity contribution < 1.29 is 9.32 Å². The number of aromatic nitrogens is 2. The standard InChI is InChI=1S/C18H19N3O2S/c1-11(17(22)14-5-6-15-13(9-14)7-8-24-15)21(2)10-16-19-18(23-20-16)12-3-4-12/h5-9,11-12H,3-4,10H2,1-2H3. The van der Waals surface area contributed by atoms with Crippen molar-refractivity contribution >= 4 is 27.2 Å². The highest BCUT2D eigenvalue weighted by Gasteiger charge is 2.30. The van der Waals surface area contributed by atoms with Gasteiger partial charge >= 0.3 is 0 Å². The summed E-state index contributed by atoms with van der Waals surface area (Å²) in [6.45, 7) is 2.42. The van der Waals surface area contributed by atoms with E-state index < -0.39 is 0 Å². The number of rotatable bonds is 6. The van der Waals surface area contributed by atoms with Gasteiger partial charge in [0.25, 0.3) is 0 Å². The number of carbonyl (C=O) groups is 1. The Morgan fingerprint density at radius 2 is 2.25 bits per heavy atom. The topological polar surface area (TPSA) is 59.2 Å². The quantitative estimate of drug-likeness (QED) is 0.637. The summed E-state index contributed by atoms with van der Waals surface area (Å²) in [6.07, 6.45) is 2.27. The predicted octanol–water partition coefficient (Wildman–Crippen LogP) is 3.86. The molecular formula is C18H19N3O2S. The van der Waals surface area contributed by atoms with Gasteiger partial charge in [0.1, 0.15) is 0 Å². The van der Waals surface area contributed by atoms with Crippen molar-refractivity contribution in [3.05, 3.63) is 46.9 Å².